The summed E-state index contributed by atoms with van der Waals surface area (Å²) >= 11 is 0. The Bertz CT molecular complexity index is 418. The van der Waals surface area contributed by atoms with Crippen molar-refractivity contribution < 1.29 is 19.4 Å². The molecule has 5 heteroatoms. The van der Waals surface area contributed by atoms with Gasteiger partial charge < -0.3 is 19.9 Å². The number of carbonyl (C=O) groups is 1. The fourth-order valence-corrected chi connectivity index (χ4v) is 1.65. The van der Waals surface area contributed by atoms with Gasteiger partial charge in [-0.25, -0.2) is 4.79 Å². The molecule has 0 aliphatic heterocycles. The molecular weight excluding hydrogens is 246 g/mol. The highest BCUT2D eigenvalue weighted by atomic mass is 16.5. The van der Waals surface area contributed by atoms with Gasteiger partial charge in [0.1, 0.15) is 5.75 Å². The number of rotatable bonds is 7. The largest absolute Gasteiger partial charge is 0.494 e. The van der Waals surface area contributed by atoms with E-state index in [4.69, 9.17) is 4.74 Å². The number of esters is 1. The average molecular weight is 267 g/mol. The van der Waals surface area contributed by atoms with Crippen LogP contribution < -0.4 is 10.1 Å². The Kier molecular flexibility index (Phi) is 5.79. The van der Waals surface area contributed by atoms with Crippen LogP contribution >= 0.6 is 0 Å². The third kappa shape index (κ3) is 4.89. The first kappa shape index (κ1) is 15.5. The molecule has 106 valence electrons. The van der Waals surface area contributed by atoms with E-state index < -0.39 is 11.6 Å². The second-order valence-corrected chi connectivity index (χ2v) is 4.45. The van der Waals surface area contributed by atoms with Gasteiger partial charge in [-0.3, -0.25) is 0 Å². The zero-order valence-electron chi connectivity index (χ0n) is 11.6. The summed E-state index contributed by atoms with van der Waals surface area (Å²) in [5.74, 6) is 0.157. The van der Waals surface area contributed by atoms with Crippen molar-refractivity contribution in [3.05, 3.63) is 29.8 Å². The predicted octanol–water partition coefficient (Wildman–Crippen LogP) is 1.10. The SMILES string of the molecule is CCOc1cccc(CNCC(C)(O)C(=O)OC)c1. The average Bonchev–Trinajstić information content (AvgIpc) is 2.38. The van der Waals surface area contributed by atoms with Crippen LogP contribution in [0.4, 0.5) is 0 Å². The minimum absolute atomic E-state index is 0.124. The van der Waals surface area contributed by atoms with Crippen LogP contribution in [0.2, 0.25) is 0 Å². The smallest absolute Gasteiger partial charge is 0.338 e. The molecule has 0 heterocycles. The van der Waals surface area contributed by atoms with Gasteiger partial charge in [-0.15, -0.1) is 0 Å². The minimum Gasteiger partial charge on any atom is -0.494 e. The van der Waals surface area contributed by atoms with E-state index in [2.05, 4.69) is 10.1 Å². The first-order valence-corrected chi connectivity index (χ1v) is 6.23. The number of benzene rings is 1. The van der Waals surface area contributed by atoms with Crippen LogP contribution in [0.15, 0.2) is 24.3 Å². The lowest BCUT2D eigenvalue weighted by Gasteiger charge is -2.20. The number of methoxy groups -OCH3 is 1. The van der Waals surface area contributed by atoms with Crippen molar-refractivity contribution in [2.45, 2.75) is 26.0 Å². The van der Waals surface area contributed by atoms with Crippen molar-refractivity contribution in [3.8, 4) is 5.75 Å². The highest BCUT2D eigenvalue weighted by Crippen LogP contribution is 2.13. The summed E-state index contributed by atoms with van der Waals surface area (Å²) in [6.45, 7) is 4.63. The molecule has 1 atom stereocenters. The highest BCUT2D eigenvalue weighted by molar-refractivity contribution is 5.78. The van der Waals surface area contributed by atoms with Gasteiger partial charge in [-0.1, -0.05) is 12.1 Å². The molecular formula is C14H21NO4. The molecule has 0 bridgehead atoms. The molecule has 19 heavy (non-hydrogen) atoms. The van der Waals surface area contributed by atoms with E-state index >= 15 is 0 Å². The summed E-state index contributed by atoms with van der Waals surface area (Å²) < 4.78 is 9.92. The molecule has 1 rings (SSSR count). The summed E-state index contributed by atoms with van der Waals surface area (Å²) in [6, 6.07) is 7.66. The third-order valence-corrected chi connectivity index (χ3v) is 2.63. The summed E-state index contributed by atoms with van der Waals surface area (Å²) in [6.07, 6.45) is 0. The van der Waals surface area contributed by atoms with E-state index in [1.165, 1.54) is 14.0 Å². The number of hydrogen-bond donors (Lipinski definition) is 2. The summed E-state index contributed by atoms with van der Waals surface area (Å²) in [5, 5.41) is 12.9. The van der Waals surface area contributed by atoms with Crippen molar-refractivity contribution in [2.75, 3.05) is 20.3 Å². The fraction of sp³-hybridized carbons (Fsp3) is 0.500. The topological polar surface area (TPSA) is 67.8 Å². The maximum atomic E-state index is 11.3. The summed E-state index contributed by atoms with van der Waals surface area (Å²) in [5.41, 5.74) is -0.502. The Hall–Kier alpha value is -1.59. The van der Waals surface area contributed by atoms with E-state index in [1.807, 2.05) is 31.2 Å². The molecule has 0 saturated heterocycles. The van der Waals surface area contributed by atoms with Crippen LogP contribution in [0.5, 0.6) is 5.75 Å². The molecule has 0 aromatic heterocycles. The first-order chi connectivity index (χ1) is 8.99. The van der Waals surface area contributed by atoms with Crippen LogP contribution in [-0.4, -0.2) is 36.9 Å². The van der Waals surface area contributed by atoms with Crippen molar-refractivity contribution in [1.82, 2.24) is 5.32 Å². The van der Waals surface area contributed by atoms with Crippen LogP contribution in [0.1, 0.15) is 19.4 Å². The maximum Gasteiger partial charge on any atom is 0.338 e. The highest BCUT2D eigenvalue weighted by Gasteiger charge is 2.30. The van der Waals surface area contributed by atoms with Gasteiger partial charge in [0, 0.05) is 13.1 Å². The maximum absolute atomic E-state index is 11.3. The Morgan fingerprint density at radius 3 is 2.84 bits per heavy atom. The van der Waals surface area contributed by atoms with Crippen molar-refractivity contribution in [2.24, 2.45) is 0 Å². The lowest BCUT2D eigenvalue weighted by molar-refractivity contribution is -0.159. The molecule has 0 radical (unpaired) electrons. The van der Waals surface area contributed by atoms with Crippen molar-refractivity contribution in [3.63, 3.8) is 0 Å². The molecule has 1 aromatic rings. The Balaban J connectivity index is 2.49. The fourth-order valence-electron chi connectivity index (χ4n) is 1.65. The summed E-state index contributed by atoms with van der Waals surface area (Å²) in [7, 11) is 1.25. The molecule has 0 aliphatic rings. The molecule has 0 amide bonds. The second-order valence-electron chi connectivity index (χ2n) is 4.45. The van der Waals surface area contributed by atoms with Gasteiger partial charge in [0.15, 0.2) is 5.60 Å². The van der Waals surface area contributed by atoms with Gasteiger partial charge in [-0.2, -0.15) is 0 Å². The van der Waals surface area contributed by atoms with Crippen LogP contribution in [0, 0.1) is 0 Å². The van der Waals surface area contributed by atoms with Crippen molar-refractivity contribution >= 4 is 5.97 Å². The number of ether oxygens (including phenoxy) is 2. The third-order valence-electron chi connectivity index (χ3n) is 2.63. The first-order valence-electron chi connectivity index (χ1n) is 6.23. The van der Waals surface area contributed by atoms with Crippen LogP contribution in [0.25, 0.3) is 0 Å². The van der Waals surface area contributed by atoms with Gasteiger partial charge in [0.2, 0.25) is 0 Å². The van der Waals surface area contributed by atoms with E-state index in [9.17, 15) is 9.90 Å². The molecule has 0 aliphatic carbocycles. The van der Waals surface area contributed by atoms with E-state index in [0.29, 0.717) is 13.2 Å². The van der Waals surface area contributed by atoms with E-state index in [1.54, 1.807) is 0 Å². The van der Waals surface area contributed by atoms with E-state index in [-0.39, 0.29) is 6.54 Å². The van der Waals surface area contributed by atoms with Gasteiger partial charge in [0.05, 0.1) is 13.7 Å². The quantitative estimate of drug-likeness (QED) is 0.724. The van der Waals surface area contributed by atoms with Gasteiger partial charge in [0.25, 0.3) is 0 Å². The second kappa shape index (κ2) is 7.11. The Morgan fingerprint density at radius 1 is 1.47 bits per heavy atom. The standard InChI is InChI=1S/C14H21NO4/c1-4-19-12-7-5-6-11(8-12)9-15-10-14(2,17)13(16)18-3/h5-8,15,17H,4,9-10H2,1-3H3. The number of nitrogens with one attached hydrogen (secondary N) is 1. The van der Waals surface area contributed by atoms with Crippen molar-refractivity contribution in [1.29, 1.82) is 0 Å². The van der Waals surface area contributed by atoms with Gasteiger partial charge >= 0.3 is 5.97 Å². The Morgan fingerprint density at radius 2 is 2.21 bits per heavy atom. The molecule has 1 aromatic carbocycles. The molecule has 1 unspecified atom stereocenters. The van der Waals surface area contributed by atoms with E-state index in [0.717, 1.165) is 11.3 Å². The minimum atomic E-state index is -1.52. The number of carbonyl (C=O) groups excluding carboxylic acids is 1. The zero-order chi connectivity index (χ0) is 14.3. The van der Waals surface area contributed by atoms with Crippen LogP contribution in [-0.2, 0) is 16.1 Å². The monoisotopic (exact) mass is 267 g/mol. The molecule has 5 nitrogen and oxygen atoms in total. The number of aliphatic hydroxyl groups is 1. The van der Waals surface area contributed by atoms with Crippen LogP contribution in [0.3, 0.4) is 0 Å². The Labute approximate surface area is 113 Å². The van der Waals surface area contributed by atoms with Gasteiger partial charge in [-0.05, 0) is 31.5 Å². The zero-order valence-corrected chi connectivity index (χ0v) is 11.6. The lowest BCUT2D eigenvalue weighted by atomic mass is 10.1. The normalized spacial score (nSPS) is 13.7. The molecule has 2 N–H and O–H groups in total. The molecule has 0 saturated carbocycles. The summed E-state index contributed by atoms with van der Waals surface area (Å²) in [4.78, 5) is 11.3. The lowest BCUT2D eigenvalue weighted by Crippen LogP contribution is -2.45. The number of hydrogen-bond acceptors (Lipinski definition) is 5. The molecule has 0 spiro atoms. The predicted molar refractivity (Wildman–Crippen MR) is 72.0 cm³/mol. The molecule has 0 fully saturated rings.